The van der Waals surface area contributed by atoms with Gasteiger partial charge in [0.15, 0.2) is 0 Å². The van der Waals surface area contributed by atoms with Gasteiger partial charge in [0, 0.05) is 24.2 Å². The largest absolute Gasteiger partial charge is 0.496 e. The van der Waals surface area contributed by atoms with E-state index in [4.69, 9.17) is 10.5 Å². The summed E-state index contributed by atoms with van der Waals surface area (Å²) in [6, 6.07) is 7.14. The van der Waals surface area contributed by atoms with Crippen LogP contribution in [0.1, 0.15) is 63.1 Å². The summed E-state index contributed by atoms with van der Waals surface area (Å²) in [5.41, 5.74) is 8.49. The predicted molar refractivity (Wildman–Crippen MR) is 88.6 cm³/mol. The molecule has 1 aromatic carbocycles. The minimum atomic E-state index is 0.0701. The smallest absolute Gasteiger partial charge is 0.123 e. The Hall–Kier alpha value is -1.06. The number of likely N-dealkylation sites (tertiary alicyclic amines) is 1. The van der Waals surface area contributed by atoms with Crippen LogP contribution in [0.5, 0.6) is 5.75 Å². The first kappa shape index (κ1) is 16.3. The molecule has 1 aromatic rings. The van der Waals surface area contributed by atoms with Crippen molar-refractivity contribution in [1.82, 2.24) is 4.90 Å². The lowest BCUT2D eigenvalue weighted by Crippen LogP contribution is -2.34. The molecular formula is C18H30N2O. The summed E-state index contributed by atoms with van der Waals surface area (Å²) >= 11 is 0. The molecule has 2 rings (SSSR count). The van der Waals surface area contributed by atoms with Gasteiger partial charge in [0.1, 0.15) is 5.75 Å². The predicted octanol–water partition coefficient (Wildman–Crippen LogP) is 3.87. The van der Waals surface area contributed by atoms with Gasteiger partial charge in [0.25, 0.3) is 0 Å². The lowest BCUT2D eigenvalue weighted by Gasteiger charge is -2.30. The van der Waals surface area contributed by atoms with Crippen molar-refractivity contribution in [3.63, 3.8) is 0 Å². The normalized spacial score (nSPS) is 21.8. The number of methoxy groups -OCH3 is 1. The van der Waals surface area contributed by atoms with Gasteiger partial charge in [0.05, 0.1) is 7.11 Å². The molecule has 1 heterocycles. The van der Waals surface area contributed by atoms with Gasteiger partial charge in [-0.3, -0.25) is 4.90 Å². The molecule has 1 saturated heterocycles. The Balaban J connectivity index is 2.21. The molecule has 0 aliphatic carbocycles. The Kier molecular flexibility index (Phi) is 6.07. The van der Waals surface area contributed by atoms with Crippen molar-refractivity contribution in [3.8, 4) is 5.75 Å². The van der Waals surface area contributed by atoms with E-state index in [1.54, 1.807) is 7.11 Å². The Labute approximate surface area is 129 Å². The number of ether oxygens (including phenoxy) is 1. The van der Waals surface area contributed by atoms with Crippen molar-refractivity contribution < 1.29 is 4.74 Å². The number of nitrogens with two attached hydrogens (primary N) is 1. The average molecular weight is 290 g/mol. The van der Waals surface area contributed by atoms with E-state index in [0.29, 0.717) is 6.04 Å². The van der Waals surface area contributed by atoms with Crippen LogP contribution in [-0.2, 0) is 6.54 Å². The van der Waals surface area contributed by atoms with Gasteiger partial charge < -0.3 is 10.5 Å². The molecule has 2 N–H and O–H groups in total. The summed E-state index contributed by atoms with van der Waals surface area (Å²) in [5, 5.41) is 0. The van der Waals surface area contributed by atoms with Crippen molar-refractivity contribution in [2.45, 2.75) is 64.6 Å². The molecule has 0 saturated carbocycles. The molecule has 0 amide bonds. The molecule has 118 valence electrons. The standard InChI is InChI=1S/C18H30N2O/c1-4-17-8-6-5-7-11-20(17)13-16-12-15(14(2)19)9-10-18(16)21-3/h9-10,12,14,17H,4-8,11,13,19H2,1-3H3. The molecule has 0 aromatic heterocycles. The van der Waals surface area contributed by atoms with Gasteiger partial charge in [-0.25, -0.2) is 0 Å². The topological polar surface area (TPSA) is 38.5 Å². The third-order valence-corrected chi connectivity index (χ3v) is 4.67. The van der Waals surface area contributed by atoms with Crippen LogP contribution in [0.4, 0.5) is 0 Å². The Morgan fingerprint density at radius 1 is 1.33 bits per heavy atom. The maximum atomic E-state index is 6.03. The van der Waals surface area contributed by atoms with Gasteiger partial charge in [-0.05, 0) is 50.4 Å². The molecule has 21 heavy (non-hydrogen) atoms. The molecule has 3 nitrogen and oxygen atoms in total. The molecule has 0 bridgehead atoms. The second-order valence-corrected chi connectivity index (χ2v) is 6.24. The van der Waals surface area contributed by atoms with Crippen molar-refractivity contribution in [3.05, 3.63) is 29.3 Å². The Morgan fingerprint density at radius 3 is 2.81 bits per heavy atom. The zero-order valence-electron chi connectivity index (χ0n) is 13.8. The lowest BCUT2D eigenvalue weighted by molar-refractivity contribution is 0.184. The quantitative estimate of drug-likeness (QED) is 0.894. The molecule has 2 atom stereocenters. The molecule has 1 aliphatic heterocycles. The van der Waals surface area contributed by atoms with E-state index in [-0.39, 0.29) is 6.04 Å². The minimum Gasteiger partial charge on any atom is -0.496 e. The maximum absolute atomic E-state index is 6.03. The molecular weight excluding hydrogens is 260 g/mol. The van der Waals surface area contributed by atoms with Crippen LogP contribution in [0.25, 0.3) is 0 Å². The summed E-state index contributed by atoms with van der Waals surface area (Å²) in [5.74, 6) is 0.985. The second-order valence-electron chi connectivity index (χ2n) is 6.24. The van der Waals surface area contributed by atoms with Crippen molar-refractivity contribution >= 4 is 0 Å². The highest BCUT2D eigenvalue weighted by atomic mass is 16.5. The van der Waals surface area contributed by atoms with E-state index in [0.717, 1.165) is 12.3 Å². The highest BCUT2D eigenvalue weighted by molar-refractivity contribution is 5.38. The van der Waals surface area contributed by atoms with Crippen LogP contribution < -0.4 is 10.5 Å². The molecule has 1 aliphatic rings. The van der Waals surface area contributed by atoms with E-state index >= 15 is 0 Å². The second kappa shape index (κ2) is 7.81. The van der Waals surface area contributed by atoms with E-state index in [1.165, 1.54) is 49.8 Å². The van der Waals surface area contributed by atoms with E-state index in [9.17, 15) is 0 Å². The monoisotopic (exact) mass is 290 g/mol. The van der Waals surface area contributed by atoms with Crippen molar-refractivity contribution in [2.75, 3.05) is 13.7 Å². The lowest BCUT2D eigenvalue weighted by atomic mass is 10.0. The number of nitrogens with zero attached hydrogens (tertiary/aromatic N) is 1. The van der Waals surface area contributed by atoms with Gasteiger partial charge in [-0.2, -0.15) is 0 Å². The maximum Gasteiger partial charge on any atom is 0.123 e. The fraction of sp³-hybridized carbons (Fsp3) is 0.667. The first-order valence-corrected chi connectivity index (χ1v) is 8.32. The molecule has 1 fully saturated rings. The van der Waals surface area contributed by atoms with Crippen molar-refractivity contribution in [2.24, 2.45) is 5.73 Å². The highest BCUT2D eigenvalue weighted by Gasteiger charge is 2.21. The summed E-state index contributed by atoms with van der Waals surface area (Å²) in [4.78, 5) is 2.63. The molecule has 0 spiro atoms. The highest BCUT2D eigenvalue weighted by Crippen LogP contribution is 2.27. The van der Waals surface area contributed by atoms with Crippen LogP contribution in [0.15, 0.2) is 18.2 Å². The average Bonchev–Trinajstić information content (AvgIpc) is 2.72. The summed E-state index contributed by atoms with van der Waals surface area (Å²) in [6.07, 6.45) is 6.60. The van der Waals surface area contributed by atoms with Crippen LogP contribution in [0.3, 0.4) is 0 Å². The third-order valence-electron chi connectivity index (χ3n) is 4.67. The number of benzene rings is 1. The van der Waals surface area contributed by atoms with Crippen LogP contribution in [-0.4, -0.2) is 24.6 Å². The van der Waals surface area contributed by atoms with Gasteiger partial charge in [-0.1, -0.05) is 25.8 Å². The van der Waals surface area contributed by atoms with E-state index in [2.05, 4.69) is 30.0 Å². The Bertz CT molecular complexity index is 445. The zero-order chi connectivity index (χ0) is 15.2. The fourth-order valence-corrected chi connectivity index (χ4v) is 3.33. The molecule has 3 heteroatoms. The van der Waals surface area contributed by atoms with Gasteiger partial charge in [-0.15, -0.1) is 0 Å². The SMILES string of the molecule is CCC1CCCCCN1Cc1cc(C(C)N)ccc1OC. The number of rotatable bonds is 5. The van der Waals surface area contributed by atoms with Gasteiger partial charge >= 0.3 is 0 Å². The number of hydrogen-bond donors (Lipinski definition) is 1. The summed E-state index contributed by atoms with van der Waals surface area (Å²) in [6.45, 7) is 6.51. The fourth-order valence-electron chi connectivity index (χ4n) is 3.33. The van der Waals surface area contributed by atoms with Crippen molar-refractivity contribution in [1.29, 1.82) is 0 Å². The van der Waals surface area contributed by atoms with E-state index in [1.807, 2.05) is 6.92 Å². The molecule has 2 unspecified atom stereocenters. The van der Waals surface area contributed by atoms with Crippen LogP contribution >= 0.6 is 0 Å². The van der Waals surface area contributed by atoms with Gasteiger partial charge in [0.2, 0.25) is 0 Å². The molecule has 0 radical (unpaired) electrons. The third kappa shape index (κ3) is 4.21. The zero-order valence-corrected chi connectivity index (χ0v) is 13.8. The van der Waals surface area contributed by atoms with Crippen LogP contribution in [0, 0.1) is 0 Å². The number of hydrogen-bond acceptors (Lipinski definition) is 3. The summed E-state index contributed by atoms with van der Waals surface area (Å²) in [7, 11) is 1.75. The summed E-state index contributed by atoms with van der Waals surface area (Å²) < 4.78 is 5.55. The van der Waals surface area contributed by atoms with E-state index < -0.39 is 0 Å². The van der Waals surface area contributed by atoms with Crippen LogP contribution in [0.2, 0.25) is 0 Å². The first-order chi connectivity index (χ1) is 10.2. The Morgan fingerprint density at radius 2 is 2.14 bits per heavy atom. The first-order valence-electron chi connectivity index (χ1n) is 8.32. The minimum absolute atomic E-state index is 0.0701.